The van der Waals surface area contributed by atoms with Gasteiger partial charge in [-0.2, -0.15) is 0 Å². The fourth-order valence-corrected chi connectivity index (χ4v) is 2.52. The fourth-order valence-electron chi connectivity index (χ4n) is 2.52. The minimum Gasteiger partial charge on any atom is -0.508 e. The van der Waals surface area contributed by atoms with Crippen LogP contribution in [0, 0.1) is 10.1 Å². The molecule has 1 aromatic heterocycles. The van der Waals surface area contributed by atoms with Crippen LogP contribution in [0.25, 0.3) is 0 Å². The summed E-state index contributed by atoms with van der Waals surface area (Å²) in [7, 11) is 1.00. The molecular weight excluding hydrogens is 424 g/mol. The van der Waals surface area contributed by atoms with E-state index in [1.807, 2.05) is 0 Å². The molecule has 2 rings (SSSR count). The zero-order chi connectivity index (χ0) is 23.6. The summed E-state index contributed by atoms with van der Waals surface area (Å²) in [5.74, 6) is -0.460. The van der Waals surface area contributed by atoms with Crippen LogP contribution in [0.5, 0.6) is 5.75 Å². The van der Waals surface area contributed by atoms with Gasteiger partial charge in [-0.1, -0.05) is 12.6 Å². The molecule has 1 heterocycles. The van der Waals surface area contributed by atoms with E-state index in [2.05, 4.69) is 20.8 Å². The van der Waals surface area contributed by atoms with Gasteiger partial charge in [0.25, 0.3) is 0 Å². The van der Waals surface area contributed by atoms with Crippen molar-refractivity contribution in [2.45, 2.75) is 27.3 Å². The lowest BCUT2D eigenvalue weighted by Crippen LogP contribution is -2.28. The first kappa shape index (κ1) is 27.9. The molecular formula is C19H28N6O7. The summed E-state index contributed by atoms with van der Waals surface area (Å²) in [4.78, 5) is 26.1. The monoisotopic (exact) mass is 452 g/mol. The zero-order valence-electron chi connectivity index (χ0n) is 17.1. The first-order valence-corrected chi connectivity index (χ1v) is 8.88. The number of ether oxygens (including phenoxy) is 1. The SMILES string of the molecule is C.CCOC(=O)Nc1cc(NC(C)/C(=N/O)c2ccc(O)cc2)c([N+](=O)[O-])c(N)n1.CO. The highest BCUT2D eigenvalue weighted by Gasteiger charge is 2.25. The number of hydrogen-bond donors (Lipinski definition) is 6. The summed E-state index contributed by atoms with van der Waals surface area (Å²) in [5.41, 5.74) is 5.75. The molecule has 1 atom stereocenters. The van der Waals surface area contributed by atoms with Gasteiger partial charge in [-0.3, -0.25) is 15.4 Å². The van der Waals surface area contributed by atoms with Crippen LogP contribution < -0.4 is 16.4 Å². The highest BCUT2D eigenvalue weighted by atomic mass is 16.6. The van der Waals surface area contributed by atoms with Gasteiger partial charge in [-0.15, -0.1) is 0 Å². The number of nitrogen functional groups attached to an aromatic ring is 1. The number of nitrogens with two attached hydrogens (primary N) is 1. The van der Waals surface area contributed by atoms with E-state index in [1.54, 1.807) is 13.8 Å². The molecule has 32 heavy (non-hydrogen) atoms. The summed E-state index contributed by atoms with van der Waals surface area (Å²) in [6, 6.07) is 6.34. The average Bonchev–Trinajstić information content (AvgIpc) is 2.71. The van der Waals surface area contributed by atoms with Crippen molar-refractivity contribution < 1.29 is 29.9 Å². The van der Waals surface area contributed by atoms with Crippen molar-refractivity contribution in [3.05, 3.63) is 46.0 Å². The number of benzene rings is 1. The van der Waals surface area contributed by atoms with Crippen molar-refractivity contribution in [1.82, 2.24) is 4.98 Å². The molecule has 176 valence electrons. The number of nitrogens with zero attached hydrogens (tertiary/aromatic N) is 3. The number of rotatable bonds is 7. The average molecular weight is 452 g/mol. The fraction of sp³-hybridized carbons (Fsp3) is 0.316. The molecule has 0 spiro atoms. The number of nitro groups is 1. The molecule has 0 saturated heterocycles. The summed E-state index contributed by atoms with van der Waals surface area (Å²) in [5, 5.41) is 45.6. The Morgan fingerprint density at radius 2 is 1.94 bits per heavy atom. The van der Waals surface area contributed by atoms with Crippen molar-refractivity contribution in [2.75, 3.05) is 30.1 Å². The van der Waals surface area contributed by atoms with Gasteiger partial charge in [-0.25, -0.2) is 9.78 Å². The normalized spacial score (nSPS) is 11.2. The van der Waals surface area contributed by atoms with Gasteiger partial charge in [0.15, 0.2) is 0 Å². The molecule has 1 unspecified atom stereocenters. The quantitative estimate of drug-likeness (QED) is 0.157. The van der Waals surface area contributed by atoms with Gasteiger partial charge >= 0.3 is 11.8 Å². The number of amides is 1. The summed E-state index contributed by atoms with van der Waals surface area (Å²) in [6.07, 6.45) is -0.797. The van der Waals surface area contributed by atoms with Crippen LogP contribution in [0.15, 0.2) is 35.5 Å². The van der Waals surface area contributed by atoms with Crippen molar-refractivity contribution >= 4 is 34.8 Å². The summed E-state index contributed by atoms with van der Waals surface area (Å²) < 4.78 is 4.75. The van der Waals surface area contributed by atoms with Crippen molar-refractivity contribution in [3.63, 3.8) is 0 Å². The van der Waals surface area contributed by atoms with Crippen molar-refractivity contribution in [3.8, 4) is 5.75 Å². The minimum absolute atomic E-state index is 0. The van der Waals surface area contributed by atoms with E-state index in [-0.39, 0.29) is 37.0 Å². The standard InChI is InChI=1S/C17H20N6O6.CH4O.CH4/c1-3-29-17(25)21-13-8-12(15(23(27)28)16(18)20-13)19-9(2)14(22-26)10-4-6-11(24)7-5-10;1-2;/h4-9,24,26H,3H2,1-2H3,(H4,18,19,20,21,25);2H,1H3;1H4/b22-14-;;. The van der Waals surface area contributed by atoms with Crippen LogP contribution in [0.4, 0.5) is 27.8 Å². The molecule has 0 fully saturated rings. The predicted molar refractivity (Wildman–Crippen MR) is 120 cm³/mol. The number of anilines is 3. The number of pyridine rings is 1. The second-order valence-electron chi connectivity index (χ2n) is 5.79. The molecule has 1 amide bonds. The van der Waals surface area contributed by atoms with E-state index in [4.69, 9.17) is 15.6 Å². The first-order chi connectivity index (χ1) is 14.8. The number of hydrogen-bond acceptors (Lipinski definition) is 11. The van der Waals surface area contributed by atoms with Gasteiger partial charge in [0.2, 0.25) is 5.82 Å². The van der Waals surface area contributed by atoms with E-state index < -0.39 is 28.6 Å². The molecule has 0 bridgehead atoms. The summed E-state index contributed by atoms with van der Waals surface area (Å²) in [6.45, 7) is 3.34. The first-order valence-electron chi connectivity index (χ1n) is 8.88. The smallest absolute Gasteiger partial charge is 0.412 e. The van der Waals surface area contributed by atoms with Crippen LogP contribution >= 0.6 is 0 Å². The van der Waals surface area contributed by atoms with Crippen LogP contribution in [0.1, 0.15) is 26.8 Å². The topological polar surface area (TPSA) is 205 Å². The Morgan fingerprint density at radius 1 is 1.34 bits per heavy atom. The Morgan fingerprint density at radius 3 is 2.44 bits per heavy atom. The maximum absolute atomic E-state index is 11.6. The molecule has 0 aliphatic heterocycles. The van der Waals surface area contributed by atoms with Crippen molar-refractivity contribution in [1.29, 1.82) is 0 Å². The number of aromatic hydroxyl groups is 1. The van der Waals surface area contributed by atoms with E-state index in [0.29, 0.717) is 5.56 Å². The minimum atomic E-state index is -0.797. The number of nitrogens with one attached hydrogen (secondary N) is 2. The number of aliphatic hydroxyl groups is 1. The third-order valence-corrected chi connectivity index (χ3v) is 3.76. The lowest BCUT2D eigenvalue weighted by atomic mass is 10.0. The Bertz CT molecular complexity index is 935. The molecule has 2 aromatic rings. The molecule has 13 nitrogen and oxygen atoms in total. The van der Waals surface area contributed by atoms with E-state index >= 15 is 0 Å². The Hall–Kier alpha value is -4.13. The number of aromatic nitrogens is 1. The number of oxime groups is 1. The van der Waals surface area contributed by atoms with Crippen molar-refractivity contribution in [2.24, 2.45) is 5.16 Å². The second kappa shape index (κ2) is 13.2. The van der Waals surface area contributed by atoms with Crippen LogP contribution in [-0.4, -0.2) is 56.9 Å². The largest absolute Gasteiger partial charge is 0.508 e. The van der Waals surface area contributed by atoms with Gasteiger partial charge in [0.05, 0.1) is 17.6 Å². The molecule has 0 aliphatic rings. The lowest BCUT2D eigenvalue weighted by Gasteiger charge is -2.18. The highest BCUT2D eigenvalue weighted by Crippen LogP contribution is 2.33. The molecule has 0 radical (unpaired) electrons. The molecule has 1 aromatic carbocycles. The second-order valence-corrected chi connectivity index (χ2v) is 5.79. The highest BCUT2D eigenvalue weighted by molar-refractivity contribution is 6.05. The van der Waals surface area contributed by atoms with Crippen LogP contribution in [-0.2, 0) is 4.74 Å². The lowest BCUT2D eigenvalue weighted by molar-refractivity contribution is -0.383. The van der Waals surface area contributed by atoms with Gasteiger partial charge in [0, 0.05) is 18.7 Å². The van der Waals surface area contributed by atoms with Gasteiger partial charge in [0.1, 0.15) is 23.0 Å². The van der Waals surface area contributed by atoms with Gasteiger partial charge < -0.3 is 31.2 Å². The number of aliphatic hydroxyl groups excluding tert-OH is 1. The number of carbonyl (C=O) groups is 1. The summed E-state index contributed by atoms with van der Waals surface area (Å²) >= 11 is 0. The number of phenols is 1. The number of carbonyl (C=O) groups excluding carboxylic acids is 1. The third kappa shape index (κ3) is 7.28. The maximum Gasteiger partial charge on any atom is 0.412 e. The molecule has 0 aliphatic carbocycles. The third-order valence-electron chi connectivity index (χ3n) is 3.76. The van der Waals surface area contributed by atoms with Gasteiger partial charge in [-0.05, 0) is 38.1 Å². The number of phenolic OH excluding ortho intramolecular Hbond substituents is 1. The van der Waals surface area contributed by atoms with E-state index in [0.717, 1.165) is 7.11 Å². The molecule has 7 N–H and O–H groups in total. The Labute approximate surface area is 184 Å². The maximum atomic E-state index is 11.6. The predicted octanol–water partition coefficient (Wildman–Crippen LogP) is 2.77. The van der Waals surface area contributed by atoms with E-state index in [1.165, 1.54) is 30.3 Å². The Balaban J connectivity index is 0.00000311. The van der Waals surface area contributed by atoms with Crippen LogP contribution in [0.3, 0.4) is 0 Å². The zero-order valence-corrected chi connectivity index (χ0v) is 17.1. The van der Waals surface area contributed by atoms with E-state index in [9.17, 15) is 25.2 Å². The molecule has 0 saturated carbocycles. The Kier molecular flexibility index (Phi) is 11.5. The van der Waals surface area contributed by atoms with Crippen LogP contribution in [0.2, 0.25) is 0 Å². The molecule has 13 heteroatoms.